The maximum Gasteiger partial charge on any atom is 0.106 e. The van der Waals surface area contributed by atoms with E-state index in [-0.39, 0.29) is 16.9 Å². The van der Waals surface area contributed by atoms with E-state index >= 15 is 0 Å². The molecule has 0 bridgehead atoms. The number of fused-ring (bicyclic) bond motifs is 5. The Labute approximate surface area is 188 Å². The van der Waals surface area contributed by atoms with Gasteiger partial charge in [0.15, 0.2) is 0 Å². The third-order valence-electron chi connectivity index (χ3n) is 11.0. The molecule has 11 atom stereocenters. The van der Waals surface area contributed by atoms with Crippen LogP contribution in [0.2, 0.25) is 0 Å². The predicted molar refractivity (Wildman–Crippen MR) is 121 cm³/mol. The van der Waals surface area contributed by atoms with Crippen LogP contribution in [-0.4, -0.2) is 45.3 Å². The number of rotatable bonds is 2. The molecule has 4 aliphatic carbocycles. The summed E-state index contributed by atoms with van der Waals surface area (Å²) in [5.74, 6) is 2.39. The maximum absolute atomic E-state index is 10.8. The molecule has 3 saturated carbocycles. The molecular weight excluding hydrogens is 388 g/mol. The first-order valence-corrected chi connectivity index (χ1v) is 12.9. The van der Waals surface area contributed by atoms with Gasteiger partial charge in [0, 0.05) is 0 Å². The summed E-state index contributed by atoms with van der Waals surface area (Å²) >= 11 is 0. The third-order valence-corrected chi connectivity index (χ3v) is 11.0. The molecule has 0 aromatic rings. The van der Waals surface area contributed by atoms with Crippen molar-refractivity contribution in [2.24, 2.45) is 40.4 Å². The number of aliphatic hydroxyl groups is 3. The predicted octanol–water partition coefficient (Wildman–Crippen LogP) is 4.46. The van der Waals surface area contributed by atoms with Crippen LogP contribution in [0.1, 0.15) is 86.0 Å². The molecule has 1 saturated heterocycles. The summed E-state index contributed by atoms with van der Waals surface area (Å²) in [5, 5.41) is 31.6. The highest BCUT2D eigenvalue weighted by Gasteiger charge is 2.61. The first-order chi connectivity index (χ1) is 14.5. The van der Waals surface area contributed by atoms with Crippen molar-refractivity contribution in [2.75, 3.05) is 0 Å². The van der Waals surface area contributed by atoms with Crippen LogP contribution in [0.4, 0.5) is 0 Å². The zero-order valence-electron chi connectivity index (χ0n) is 20.2. The Morgan fingerprint density at radius 1 is 0.903 bits per heavy atom. The standard InChI is InChI=1S/C27H44O4/c1-15(22-11-12-25(2,3)31-22)17-8-9-18-16-6-7-20-23(29)24(30)21(28)14-27(20,5)19(16)10-13-26(17,18)4/h6,15,17-24,28-30H,7-14H2,1-5H3/t15-,17+,18-,19-,20-,21-,22+,23+,24-,26+,27+/m0/s1. The molecule has 1 heterocycles. The monoisotopic (exact) mass is 432 g/mol. The largest absolute Gasteiger partial charge is 0.390 e. The van der Waals surface area contributed by atoms with Gasteiger partial charge in [-0.05, 0) is 106 Å². The van der Waals surface area contributed by atoms with Gasteiger partial charge in [0.05, 0.1) is 23.9 Å². The quantitative estimate of drug-likeness (QED) is 0.564. The summed E-state index contributed by atoms with van der Waals surface area (Å²) in [6.07, 6.45) is 8.89. The number of hydrogen-bond donors (Lipinski definition) is 3. The minimum atomic E-state index is -1.01. The first kappa shape index (κ1) is 22.4. The lowest BCUT2D eigenvalue weighted by molar-refractivity contribution is -0.174. The zero-order valence-corrected chi connectivity index (χ0v) is 20.2. The molecule has 0 radical (unpaired) electrons. The fourth-order valence-electron chi connectivity index (χ4n) is 9.19. The molecule has 0 aromatic heterocycles. The van der Waals surface area contributed by atoms with E-state index in [0.717, 1.165) is 12.8 Å². The summed E-state index contributed by atoms with van der Waals surface area (Å²) in [6, 6.07) is 0. The van der Waals surface area contributed by atoms with Crippen LogP contribution in [0.15, 0.2) is 11.6 Å². The van der Waals surface area contributed by atoms with Crippen molar-refractivity contribution in [3.05, 3.63) is 11.6 Å². The molecule has 5 aliphatic rings. The van der Waals surface area contributed by atoms with Crippen LogP contribution >= 0.6 is 0 Å². The van der Waals surface area contributed by atoms with Gasteiger partial charge < -0.3 is 20.1 Å². The molecule has 0 spiro atoms. The van der Waals surface area contributed by atoms with Gasteiger partial charge in [-0.2, -0.15) is 0 Å². The van der Waals surface area contributed by atoms with Crippen molar-refractivity contribution < 1.29 is 20.1 Å². The Hall–Kier alpha value is -0.420. The molecule has 4 heteroatoms. The molecule has 3 N–H and O–H groups in total. The fourth-order valence-corrected chi connectivity index (χ4v) is 9.19. The molecule has 5 rings (SSSR count). The van der Waals surface area contributed by atoms with Crippen molar-refractivity contribution in [3.8, 4) is 0 Å². The van der Waals surface area contributed by atoms with Crippen LogP contribution < -0.4 is 0 Å². The van der Waals surface area contributed by atoms with Crippen molar-refractivity contribution >= 4 is 0 Å². The molecule has 4 nitrogen and oxygen atoms in total. The highest BCUT2D eigenvalue weighted by Crippen LogP contribution is 2.67. The van der Waals surface area contributed by atoms with Crippen LogP contribution in [0.3, 0.4) is 0 Å². The lowest BCUT2D eigenvalue weighted by Gasteiger charge is -2.59. The van der Waals surface area contributed by atoms with Gasteiger partial charge in [-0.3, -0.25) is 0 Å². The third kappa shape index (κ3) is 3.22. The molecule has 31 heavy (non-hydrogen) atoms. The highest BCUT2D eigenvalue weighted by atomic mass is 16.5. The van der Waals surface area contributed by atoms with Crippen LogP contribution in [0.5, 0.6) is 0 Å². The van der Waals surface area contributed by atoms with E-state index in [1.54, 1.807) is 5.57 Å². The van der Waals surface area contributed by atoms with E-state index in [4.69, 9.17) is 4.74 Å². The van der Waals surface area contributed by atoms with Crippen molar-refractivity contribution in [1.82, 2.24) is 0 Å². The topological polar surface area (TPSA) is 69.9 Å². The van der Waals surface area contributed by atoms with E-state index in [2.05, 4.69) is 40.7 Å². The summed E-state index contributed by atoms with van der Waals surface area (Å²) in [5.41, 5.74) is 1.85. The van der Waals surface area contributed by atoms with Crippen LogP contribution in [-0.2, 0) is 4.74 Å². The maximum atomic E-state index is 10.8. The Balaban J connectivity index is 1.40. The van der Waals surface area contributed by atoms with Gasteiger partial charge in [-0.25, -0.2) is 0 Å². The van der Waals surface area contributed by atoms with Crippen LogP contribution in [0, 0.1) is 40.4 Å². The number of ether oxygens (including phenoxy) is 1. The number of aliphatic hydroxyl groups excluding tert-OH is 3. The lowest BCUT2D eigenvalue weighted by Crippen LogP contribution is -2.59. The minimum Gasteiger partial charge on any atom is -0.390 e. The Morgan fingerprint density at radius 3 is 2.29 bits per heavy atom. The Bertz CT molecular complexity index is 746. The van der Waals surface area contributed by atoms with Crippen LogP contribution in [0.25, 0.3) is 0 Å². The summed E-state index contributed by atoms with van der Waals surface area (Å²) in [6.45, 7) is 11.7. The van der Waals surface area contributed by atoms with Crippen molar-refractivity contribution in [2.45, 2.75) is 116 Å². The van der Waals surface area contributed by atoms with Gasteiger partial charge in [-0.15, -0.1) is 0 Å². The molecule has 0 aromatic carbocycles. The minimum absolute atomic E-state index is 0.0260. The van der Waals surface area contributed by atoms with E-state index in [1.165, 1.54) is 32.1 Å². The SMILES string of the molecule is C[C@@H]([C@H]1CC[C@H]2C3=CC[C@H]4[C@@H](O)[C@@H](O)[C@@H](O)C[C@]4(C)[C@H]3CC[C@]12C)[C@H]1CCC(C)(C)O1. The smallest absolute Gasteiger partial charge is 0.106 e. The average Bonchev–Trinajstić information content (AvgIpc) is 3.24. The Kier molecular flexibility index (Phi) is 5.26. The summed E-state index contributed by atoms with van der Waals surface area (Å²) < 4.78 is 6.48. The fraction of sp³-hybridized carbons (Fsp3) is 0.926. The van der Waals surface area contributed by atoms with Crippen molar-refractivity contribution in [3.63, 3.8) is 0 Å². The normalized spacial score (nSPS) is 54.5. The van der Waals surface area contributed by atoms with Gasteiger partial charge in [-0.1, -0.05) is 32.4 Å². The molecule has 0 unspecified atom stereocenters. The summed E-state index contributed by atoms with van der Waals surface area (Å²) in [4.78, 5) is 0. The number of allylic oxidation sites excluding steroid dienone is 2. The van der Waals surface area contributed by atoms with Gasteiger partial charge in [0.25, 0.3) is 0 Å². The number of hydrogen-bond acceptors (Lipinski definition) is 4. The first-order valence-electron chi connectivity index (χ1n) is 12.9. The van der Waals surface area contributed by atoms with Gasteiger partial charge in [0.1, 0.15) is 6.10 Å². The van der Waals surface area contributed by atoms with E-state index < -0.39 is 18.3 Å². The van der Waals surface area contributed by atoms with E-state index in [0.29, 0.717) is 41.6 Å². The van der Waals surface area contributed by atoms with E-state index in [9.17, 15) is 15.3 Å². The second kappa shape index (κ2) is 7.29. The average molecular weight is 433 g/mol. The lowest BCUT2D eigenvalue weighted by atomic mass is 9.47. The van der Waals surface area contributed by atoms with Gasteiger partial charge in [0.2, 0.25) is 0 Å². The second-order valence-corrected chi connectivity index (χ2v) is 13.0. The van der Waals surface area contributed by atoms with Crippen molar-refractivity contribution in [1.29, 1.82) is 0 Å². The molecular formula is C27H44O4. The van der Waals surface area contributed by atoms with Gasteiger partial charge >= 0.3 is 0 Å². The summed E-state index contributed by atoms with van der Waals surface area (Å²) in [7, 11) is 0. The highest BCUT2D eigenvalue weighted by molar-refractivity contribution is 5.29. The molecule has 1 aliphatic heterocycles. The zero-order chi connectivity index (χ0) is 22.3. The molecule has 176 valence electrons. The second-order valence-electron chi connectivity index (χ2n) is 13.0. The molecule has 0 amide bonds. The van der Waals surface area contributed by atoms with E-state index in [1.807, 2.05) is 0 Å². The Morgan fingerprint density at radius 2 is 1.61 bits per heavy atom. The molecule has 4 fully saturated rings.